The quantitative estimate of drug-likeness (QED) is 0.660. The molecule has 0 bridgehead atoms. The Hall–Kier alpha value is -2.69. The van der Waals surface area contributed by atoms with Crippen molar-refractivity contribution in [3.63, 3.8) is 0 Å². The molecule has 0 spiro atoms. The molecule has 0 aliphatic rings. The number of ether oxygens (including phenoxy) is 2. The normalized spacial score (nSPS) is 10.0. The first-order valence-corrected chi connectivity index (χ1v) is 6.13. The third-order valence-corrected chi connectivity index (χ3v) is 2.80. The average Bonchev–Trinajstić information content (AvgIpc) is 2.45. The van der Waals surface area contributed by atoms with E-state index in [1.54, 1.807) is 24.3 Å². The van der Waals surface area contributed by atoms with Gasteiger partial charge in [-0.3, -0.25) is 0 Å². The highest BCUT2D eigenvalue weighted by Gasteiger charge is 2.07. The lowest BCUT2D eigenvalue weighted by atomic mass is 10.2. The molecule has 0 atom stereocenters. The number of carbonyl (C=O) groups is 1. The summed E-state index contributed by atoms with van der Waals surface area (Å²) < 4.78 is 9.98. The van der Waals surface area contributed by atoms with Gasteiger partial charge in [0.15, 0.2) is 0 Å². The zero-order valence-electron chi connectivity index (χ0n) is 10.9. The fourth-order valence-electron chi connectivity index (χ4n) is 1.65. The zero-order chi connectivity index (χ0) is 14.4. The van der Waals surface area contributed by atoms with Crippen LogP contribution in [0.5, 0.6) is 0 Å². The number of nitrogen functional groups attached to an aromatic ring is 2. The van der Waals surface area contributed by atoms with Crippen LogP contribution < -0.4 is 11.5 Å². The lowest BCUT2D eigenvalue weighted by Gasteiger charge is -2.09. The summed E-state index contributed by atoms with van der Waals surface area (Å²) >= 11 is 0. The van der Waals surface area contributed by atoms with Crippen LogP contribution in [0.1, 0.15) is 11.1 Å². The highest BCUT2D eigenvalue weighted by Crippen LogP contribution is 2.14. The fraction of sp³-hybridized carbons (Fsp3) is 0.133. The van der Waals surface area contributed by atoms with Crippen molar-refractivity contribution in [1.29, 1.82) is 0 Å². The molecule has 0 fully saturated rings. The number of hydrogen-bond donors (Lipinski definition) is 2. The maximum Gasteiger partial charge on any atom is 0.508 e. The second kappa shape index (κ2) is 6.47. The standard InChI is InChI=1S/C15H16N2O3/c16-13-7-3-1-5-11(13)9-19-15(18)20-10-12-6-2-4-8-14(12)17/h1-8H,9-10,16-17H2. The monoisotopic (exact) mass is 272 g/mol. The first-order chi connectivity index (χ1) is 9.66. The van der Waals surface area contributed by atoms with Gasteiger partial charge in [0, 0.05) is 22.5 Å². The minimum atomic E-state index is -0.753. The lowest BCUT2D eigenvalue weighted by Crippen LogP contribution is -2.09. The van der Waals surface area contributed by atoms with Crippen LogP contribution >= 0.6 is 0 Å². The van der Waals surface area contributed by atoms with Crippen molar-refractivity contribution in [3.05, 3.63) is 59.7 Å². The van der Waals surface area contributed by atoms with Gasteiger partial charge in [-0.1, -0.05) is 36.4 Å². The molecule has 0 amide bonds. The van der Waals surface area contributed by atoms with E-state index in [1.165, 1.54) is 0 Å². The Labute approximate surface area is 117 Å². The molecular formula is C15H16N2O3. The van der Waals surface area contributed by atoms with Gasteiger partial charge in [-0.25, -0.2) is 4.79 Å². The Morgan fingerprint density at radius 3 is 1.60 bits per heavy atom. The van der Waals surface area contributed by atoms with Crippen molar-refractivity contribution in [2.24, 2.45) is 0 Å². The smallest absolute Gasteiger partial charge is 0.429 e. The minimum absolute atomic E-state index is 0.0791. The molecule has 0 aliphatic carbocycles. The van der Waals surface area contributed by atoms with Crippen molar-refractivity contribution in [3.8, 4) is 0 Å². The summed E-state index contributed by atoms with van der Waals surface area (Å²) in [6.07, 6.45) is -0.753. The van der Waals surface area contributed by atoms with Crippen LogP contribution in [0.3, 0.4) is 0 Å². The average molecular weight is 272 g/mol. The van der Waals surface area contributed by atoms with Crippen LogP contribution in [0.4, 0.5) is 16.2 Å². The van der Waals surface area contributed by atoms with Gasteiger partial charge in [0.05, 0.1) is 0 Å². The summed E-state index contributed by atoms with van der Waals surface area (Å²) in [5, 5.41) is 0. The van der Waals surface area contributed by atoms with Crippen LogP contribution in [-0.4, -0.2) is 6.16 Å². The van der Waals surface area contributed by atoms with Crippen molar-refractivity contribution in [2.45, 2.75) is 13.2 Å². The topological polar surface area (TPSA) is 87.6 Å². The van der Waals surface area contributed by atoms with E-state index >= 15 is 0 Å². The predicted octanol–water partition coefficient (Wildman–Crippen LogP) is 2.70. The molecule has 5 nitrogen and oxygen atoms in total. The molecule has 2 rings (SSSR count). The largest absolute Gasteiger partial charge is 0.508 e. The summed E-state index contributed by atoms with van der Waals surface area (Å²) in [5.41, 5.74) is 14.1. The molecule has 5 heteroatoms. The number of hydrogen-bond acceptors (Lipinski definition) is 5. The molecule has 0 saturated carbocycles. The lowest BCUT2D eigenvalue weighted by molar-refractivity contribution is 0.0449. The Bertz CT molecular complexity index is 548. The van der Waals surface area contributed by atoms with Gasteiger partial charge in [-0.2, -0.15) is 0 Å². The van der Waals surface area contributed by atoms with E-state index in [-0.39, 0.29) is 13.2 Å². The zero-order valence-corrected chi connectivity index (χ0v) is 10.9. The first-order valence-electron chi connectivity index (χ1n) is 6.13. The molecular weight excluding hydrogens is 256 g/mol. The Morgan fingerprint density at radius 1 is 0.800 bits per heavy atom. The summed E-state index contributed by atoms with van der Waals surface area (Å²) in [5.74, 6) is 0. The highest BCUT2D eigenvalue weighted by atomic mass is 16.7. The number of carbonyl (C=O) groups excluding carboxylic acids is 1. The van der Waals surface area contributed by atoms with E-state index in [9.17, 15) is 4.79 Å². The van der Waals surface area contributed by atoms with Gasteiger partial charge >= 0.3 is 6.16 Å². The van der Waals surface area contributed by atoms with Crippen LogP contribution in [0, 0.1) is 0 Å². The Morgan fingerprint density at radius 2 is 1.20 bits per heavy atom. The van der Waals surface area contributed by atoms with Crippen molar-refractivity contribution in [1.82, 2.24) is 0 Å². The Kier molecular flexibility index (Phi) is 4.44. The van der Waals surface area contributed by atoms with Gasteiger partial charge in [0.1, 0.15) is 13.2 Å². The van der Waals surface area contributed by atoms with Crippen LogP contribution in [-0.2, 0) is 22.7 Å². The van der Waals surface area contributed by atoms with Crippen LogP contribution in [0.15, 0.2) is 48.5 Å². The second-order valence-electron chi connectivity index (χ2n) is 4.22. The number of anilines is 2. The Balaban J connectivity index is 1.82. The van der Waals surface area contributed by atoms with Gasteiger partial charge in [0.2, 0.25) is 0 Å². The van der Waals surface area contributed by atoms with E-state index in [1.807, 2.05) is 24.3 Å². The number of nitrogens with two attached hydrogens (primary N) is 2. The van der Waals surface area contributed by atoms with Gasteiger partial charge in [0.25, 0.3) is 0 Å². The first kappa shape index (κ1) is 13.7. The summed E-state index contributed by atoms with van der Waals surface area (Å²) in [6, 6.07) is 14.3. The van der Waals surface area contributed by atoms with Crippen molar-refractivity contribution in [2.75, 3.05) is 11.5 Å². The SMILES string of the molecule is Nc1ccccc1COC(=O)OCc1ccccc1N. The van der Waals surface area contributed by atoms with E-state index in [4.69, 9.17) is 20.9 Å². The van der Waals surface area contributed by atoms with E-state index < -0.39 is 6.16 Å². The molecule has 0 radical (unpaired) electrons. The molecule has 0 aromatic heterocycles. The van der Waals surface area contributed by atoms with Crippen LogP contribution in [0.2, 0.25) is 0 Å². The molecule has 0 saturated heterocycles. The number of benzene rings is 2. The third-order valence-electron chi connectivity index (χ3n) is 2.80. The third kappa shape index (κ3) is 3.65. The molecule has 0 unspecified atom stereocenters. The van der Waals surface area contributed by atoms with Crippen molar-refractivity contribution >= 4 is 17.5 Å². The van der Waals surface area contributed by atoms with Crippen molar-refractivity contribution < 1.29 is 14.3 Å². The minimum Gasteiger partial charge on any atom is -0.429 e. The maximum absolute atomic E-state index is 11.5. The number of rotatable bonds is 4. The number of para-hydroxylation sites is 2. The van der Waals surface area contributed by atoms with Gasteiger partial charge in [-0.05, 0) is 12.1 Å². The molecule has 2 aromatic rings. The van der Waals surface area contributed by atoms with Gasteiger partial charge in [-0.15, -0.1) is 0 Å². The summed E-state index contributed by atoms with van der Waals surface area (Å²) in [7, 11) is 0. The molecule has 0 aliphatic heterocycles. The molecule has 4 N–H and O–H groups in total. The molecule has 104 valence electrons. The summed E-state index contributed by atoms with van der Waals surface area (Å²) in [6.45, 7) is 0.158. The van der Waals surface area contributed by atoms with Gasteiger partial charge < -0.3 is 20.9 Å². The molecule has 20 heavy (non-hydrogen) atoms. The van der Waals surface area contributed by atoms with E-state index in [0.29, 0.717) is 11.4 Å². The predicted molar refractivity (Wildman–Crippen MR) is 76.7 cm³/mol. The second-order valence-corrected chi connectivity index (χ2v) is 4.22. The maximum atomic E-state index is 11.5. The molecule has 2 aromatic carbocycles. The fourth-order valence-corrected chi connectivity index (χ4v) is 1.65. The van der Waals surface area contributed by atoms with Crippen LogP contribution in [0.25, 0.3) is 0 Å². The summed E-state index contributed by atoms with van der Waals surface area (Å²) in [4.78, 5) is 11.5. The van der Waals surface area contributed by atoms with E-state index in [2.05, 4.69) is 0 Å². The highest BCUT2D eigenvalue weighted by molar-refractivity contribution is 5.61. The van der Waals surface area contributed by atoms with E-state index in [0.717, 1.165) is 11.1 Å². The molecule has 0 heterocycles.